The molecule has 0 unspecified atom stereocenters. The van der Waals surface area contributed by atoms with Crippen molar-refractivity contribution in [2.75, 3.05) is 6.54 Å². The molecule has 1 amide bonds. The molecule has 2 aromatic carbocycles. The van der Waals surface area contributed by atoms with Gasteiger partial charge in [0.15, 0.2) is 0 Å². The number of rotatable bonds is 3. The third-order valence-electron chi connectivity index (χ3n) is 3.95. The number of benzene rings is 2. The lowest BCUT2D eigenvalue weighted by atomic mass is 10.0. The van der Waals surface area contributed by atoms with Gasteiger partial charge in [-0.15, -0.1) is 0 Å². The highest BCUT2D eigenvalue weighted by Crippen LogP contribution is 2.27. The summed E-state index contributed by atoms with van der Waals surface area (Å²) in [6.07, 6.45) is 1.86. The number of carbonyl (C=O) groups excluding carboxylic acids is 1. The molecular weight excluding hydrogens is 346 g/mol. The van der Waals surface area contributed by atoms with Crippen LogP contribution in [-0.2, 0) is 14.8 Å². The van der Waals surface area contributed by atoms with E-state index in [0.717, 1.165) is 21.0 Å². The topological polar surface area (TPSA) is 54.5 Å². The van der Waals surface area contributed by atoms with E-state index in [0.29, 0.717) is 11.4 Å². The van der Waals surface area contributed by atoms with Crippen molar-refractivity contribution in [3.63, 3.8) is 0 Å². The Morgan fingerprint density at radius 1 is 1.00 bits per heavy atom. The lowest BCUT2D eigenvalue weighted by Crippen LogP contribution is -2.39. The average Bonchev–Trinajstić information content (AvgIpc) is 2.55. The number of hydrogen-bond acceptors (Lipinski definition) is 3. The molecule has 0 fully saturated rings. The Morgan fingerprint density at radius 3 is 2.21 bits per heavy atom. The predicted molar refractivity (Wildman–Crippen MR) is 94.1 cm³/mol. The molecule has 0 aromatic heterocycles. The maximum atomic E-state index is 12.7. The highest BCUT2D eigenvalue weighted by atomic mass is 35.5. The minimum absolute atomic E-state index is 0.128. The van der Waals surface area contributed by atoms with Crippen LogP contribution in [-0.4, -0.2) is 25.2 Å². The van der Waals surface area contributed by atoms with E-state index < -0.39 is 15.9 Å². The van der Waals surface area contributed by atoms with Crippen molar-refractivity contribution in [3.8, 4) is 0 Å². The first-order valence-corrected chi connectivity index (χ1v) is 9.29. The summed E-state index contributed by atoms with van der Waals surface area (Å²) in [6.45, 7) is 2.01. The predicted octanol–water partition coefficient (Wildman–Crippen LogP) is 3.65. The molecule has 1 aliphatic rings. The van der Waals surface area contributed by atoms with Crippen molar-refractivity contribution in [3.05, 3.63) is 70.8 Å². The summed E-state index contributed by atoms with van der Waals surface area (Å²) in [5, 5.41) is 0.616. The van der Waals surface area contributed by atoms with E-state index in [2.05, 4.69) is 0 Å². The van der Waals surface area contributed by atoms with Gasteiger partial charge in [-0.3, -0.25) is 4.79 Å². The van der Waals surface area contributed by atoms with Crippen molar-refractivity contribution in [1.82, 2.24) is 4.31 Å². The highest BCUT2D eigenvalue weighted by Gasteiger charge is 2.31. The molecule has 1 heterocycles. The van der Waals surface area contributed by atoms with Crippen LogP contribution >= 0.6 is 11.6 Å². The number of hydrogen-bond donors (Lipinski definition) is 0. The van der Waals surface area contributed by atoms with Gasteiger partial charge in [-0.05, 0) is 48.7 Å². The summed E-state index contributed by atoms with van der Waals surface area (Å²) in [5.41, 5.74) is 2.65. The Labute approximate surface area is 146 Å². The first-order chi connectivity index (χ1) is 11.4. The number of amides is 1. The molecule has 2 aromatic rings. The third-order valence-corrected chi connectivity index (χ3v) is 6.01. The maximum absolute atomic E-state index is 12.7. The lowest BCUT2D eigenvalue weighted by molar-refractivity contribution is -0.121. The molecule has 0 spiro atoms. The fourth-order valence-electron chi connectivity index (χ4n) is 2.59. The second-order valence-electron chi connectivity index (χ2n) is 5.65. The molecule has 4 nitrogen and oxygen atoms in total. The van der Waals surface area contributed by atoms with Gasteiger partial charge in [-0.1, -0.05) is 41.4 Å². The van der Waals surface area contributed by atoms with Gasteiger partial charge in [0.05, 0.1) is 4.90 Å². The second kappa shape index (κ2) is 6.42. The van der Waals surface area contributed by atoms with Crippen LogP contribution in [0.4, 0.5) is 0 Å². The number of carbonyl (C=O) groups is 1. The van der Waals surface area contributed by atoms with Crippen LogP contribution in [0, 0.1) is 6.92 Å². The number of halogens is 1. The molecule has 0 bridgehead atoms. The van der Waals surface area contributed by atoms with Crippen LogP contribution in [0.1, 0.15) is 17.5 Å². The Hall–Kier alpha value is -2.11. The molecule has 3 rings (SSSR count). The molecule has 124 valence electrons. The van der Waals surface area contributed by atoms with Crippen molar-refractivity contribution < 1.29 is 13.2 Å². The van der Waals surface area contributed by atoms with Gasteiger partial charge in [0.25, 0.3) is 15.9 Å². The normalized spacial score (nSPS) is 15.3. The van der Waals surface area contributed by atoms with E-state index in [1.54, 1.807) is 24.3 Å². The van der Waals surface area contributed by atoms with Crippen molar-refractivity contribution in [2.24, 2.45) is 0 Å². The van der Waals surface area contributed by atoms with Gasteiger partial charge in [-0.2, -0.15) is 0 Å². The summed E-state index contributed by atoms with van der Waals surface area (Å²) in [4.78, 5) is 12.5. The van der Waals surface area contributed by atoms with Crippen LogP contribution in [0.3, 0.4) is 0 Å². The second-order valence-corrected chi connectivity index (χ2v) is 7.95. The minimum Gasteiger partial charge on any atom is -0.269 e. The van der Waals surface area contributed by atoms with Gasteiger partial charge < -0.3 is 0 Å². The fourth-order valence-corrected chi connectivity index (χ4v) is 4.07. The van der Waals surface area contributed by atoms with Crippen molar-refractivity contribution in [2.45, 2.75) is 18.2 Å². The molecule has 0 N–H and O–H groups in total. The highest BCUT2D eigenvalue weighted by molar-refractivity contribution is 7.89. The lowest BCUT2D eigenvalue weighted by Gasteiger charge is -2.26. The number of nitrogens with zero attached hydrogens (tertiary/aromatic N) is 1. The van der Waals surface area contributed by atoms with Gasteiger partial charge in [-0.25, -0.2) is 12.7 Å². The van der Waals surface area contributed by atoms with Crippen LogP contribution in [0.25, 0.3) is 5.57 Å². The molecule has 0 saturated carbocycles. The summed E-state index contributed by atoms with van der Waals surface area (Å²) < 4.78 is 26.2. The maximum Gasteiger partial charge on any atom is 0.266 e. The summed E-state index contributed by atoms with van der Waals surface area (Å²) in [7, 11) is -3.82. The summed E-state index contributed by atoms with van der Waals surface area (Å²) >= 11 is 5.87. The van der Waals surface area contributed by atoms with Crippen LogP contribution in [0.15, 0.2) is 59.5 Å². The van der Waals surface area contributed by atoms with Crippen LogP contribution in [0.2, 0.25) is 5.02 Å². The molecular formula is C18H16ClNO3S. The van der Waals surface area contributed by atoms with E-state index in [1.807, 2.05) is 19.1 Å². The van der Waals surface area contributed by atoms with Gasteiger partial charge in [0, 0.05) is 17.6 Å². The SMILES string of the molecule is Cc1ccc(S(=O)(=O)N2CCC(c3ccc(Cl)cc3)=CC2=O)cc1. The van der Waals surface area contributed by atoms with E-state index in [-0.39, 0.29) is 11.4 Å². The van der Waals surface area contributed by atoms with E-state index in [9.17, 15) is 13.2 Å². The first-order valence-electron chi connectivity index (χ1n) is 7.48. The molecule has 0 atom stereocenters. The average molecular weight is 362 g/mol. The van der Waals surface area contributed by atoms with Crippen molar-refractivity contribution in [1.29, 1.82) is 0 Å². The third kappa shape index (κ3) is 3.23. The fraction of sp³-hybridized carbons (Fsp3) is 0.167. The molecule has 24 heavy (non-hydrogen) atoms. The summed E-state index contributed by atoms with van der Waals surface area (Å²) in [6, 6.07) is 13.6. The van der Waals surface area contributed by atoms with E-state index >= 15 is 0 Å². The van der Waals surface area contributed by atoms with Crippen LogP contribution in [0.5, 0.6) is 0 Å². The standard InChI is InChI=1S/C18H16ClNO3S/c1-13-2-8-17(9-3-13)24(22,23)20-11-10-15(12-18(20)21)14-4-6-16(19)7-5-14/h2-9,12H,10-11H2,1H3. The zero-order chi connectivity index (χ0) is 17.3. The Bertz CT molecular complexity index is 900. The van der Waals surface area contributed by atoms with Crippen LogP contribution < -0.4 is 0 Å². The molecule has 0 radical (unpaired) electrons. The zero-order valence-corrected chi connectivity index (χ0v) is 14.6. The molecule has 6 heteroatoms. The smallest absolute Gasteiger partial charge is 0.266 e. The molecule has 0 aliphatic carbocycles. The van der Waals surface area contributed by atoms with Gasteiger partial charge >= 0.3 is 0 Å². The molecule has 1 aliphatic heterocycles. The Balaban J connectivity index is 1.89. The first kappa shape index (κ1) is 16.7. The van der Waals surface area contributed by atoms with Gasteiger partial charge in [0.2, 0.25) is 0 Å². The van der Waals surface area contributed by atoms with E-state index in [4.69, 9.17) is 11.6 Å². The number of aryl methyl sites for hydroxylation is 1. The zero-order valence-electron chi connectivity index (χ0n) is 13.1. The minimum atomic E-state index is -3.82. The largest absolute Gasteiger partial charge is 0.269 e. The van der Waals surface area contributed by atoms with E-state index in [1.165, 1.54) is 18.2 Å². The molecule has 0 saturated heterocycles. The summed E-state index contributed by atoms with van der Waals surface area (Å²) in [5.74, 6) is -0.522. The monoisotopic (exact) mass is 361 g/mol. The Morgan fingerprint density at radius 2 is 1.62 bits per heavy atom. The quantitative estimate of drug-likeness (QED) is 0.838. The Kier molecular flexibility index (Phi) is 4.47. The number of sulfonamides is 1. The van der Waals surface area contributed by atoms with Gasteiger partial charge in [0.1, 0.15) is 0 Å². The van der Waals surface area contributed by atoms with Crippen molar-refractivity contribution >= 4 is 33.1 Å².